The lowest BCUT2D eigenvalue weighted by Crippen LogP contribution is -2.26. The van der Waals surface area contributed by atoms with Gasteiger partial charge in [0.25, 0.3) is 0 Å². The van der Waals surface area contributed by atoms with Gasteiger partial charge < -0.3 is 4.74 Å². The van der Waals surface area contributed by atoms with Gasteiger partial charge in [0.2, 0.25) is 0 Å². The molecule has 80 valence electrons. The molecule has 0 fully saturated rings. The lowest BCUT2D eigenvalue weighted by atomic mass is 9.90. The van der Waals surface area contributed by atoms with E-state index in [1.807, 2.05) is 20.8 Å². The summed E-state index contributed by atoms with van der Waals surface area (Å²) < 4.78 is 5.41. The molecule has 2 nitrogen and oxygen atoms in total. The maximum atomic E-state index is 11.4. The molecule has 1 aliphatic heterocycles. The van der Waals surface area contributed by atoms with Crippen molar-refractivity contribution >= 4 is 5.97 Å². The van der Waals surface area contributed by atoms with E-state index in [1.54, 1.807) is 0 Å². The number of esters is 1. The van der Waals surface area contributed by atoms with Crippen LogP contribution in [0, 0.1) is 0 Å². The van der Waals surface area contributed by atoms with Crippen LogP contribution in [0.4, 0.5) is 0 Å². The molecule has 1 heterocycles. The summed E-state index contributed by atoms with van der Waals surface area (Å²) in [6.45, 7) is 8.05. The van der Waals surface area contributed by atoms with Crippen LogP contribution in [0.3, 0.4) is 0 Å². The Morgan fingerprint density at radius 1 is 1.29 bits per heavy atom. The van der Waals surface area contributed by atoms with Crippen LogP contribution >= 0.6 is 0 Å². The summed E-state index contributed by atoms with van der Waals surface area (Å²) in [6.07, 6.45) is 4.49. The summed E-state index contributed by atoms with van der Waals surface area (Å²) in [6, 6.07) is 0. The summed E-state index contributed by atoms with van der Waals surface area (Å²) in [4.78, 5) is 11.4. The van der Waals surface area contributed by atoms with Crippen molar-refractivity contribution in [2.24, 2.45) is 0 Å². The maximum Gasteiger partial charge on any atom is 0.334 e. The molecule has 0 saturated heterocycles. The molecule has 0 aromatic heterocycles. The minimum absolute atomic E-state index is 0.138. The van der Waals surface area contributed by atoms with E-state index in [-0.39, 0.29) is 11.6 Å². The van der Waals surface area contributed by atoms with Gasteiger partial charge in [-0.05, 0) is 39.2 Å². The summed E-state index contributed by atoms with van der Waals surface area (Å²) in [5, 5.41) is 0. The summed E-state index contributed by atoms with van der Waals surface area (Å²) in [5.41, 5.74) is 1.58. The Morgan fingerprint density at radius 2 is 1.93 bits per heavy atom. The van der Waals surface area contributed by atoms with Crippen molar-refractivity contribution in [2.75, 3.05) is 0 Å². The SMILES string of the molecule is CCCCC[C@]1(C)OC(=O)C(C)=C1C. The van der Waals surface area contributed by atoms with Gasteiger partial charge in [-0.2, -0.15) is 0 Å². The maximum absolute atomic E-state index is 11.4. The van der Waals surface area contributed by atoms with Gasteiger partial charge in [0, 0.05) is 5.57 Å². The number of hydrogen-bond donors (Lipinski definition) is 0. The number of rotatable bonds is 4. The van der Waals surface area contributed by atoms with Gasteiger partial charge in [-0.3, -0.25) is 0 Å². The van der Waals surface area contributed by atoms with Crippen molar-refractivity contribution in [3.63, 3.8) is 0 Å². The number of carbonyl (C=O) groups is 1. The first-order valence-corrected chi connectivity index (χ1v) is 5.42. The van der Waals surface area contributed by atoms with Crippen LogP contribution < -0.4 is 0 Å². The molecule has 0 aromatic carbocycles. The molecule has 0 unspecified atom stereocenters. The van der Waals surface area contributed by atoms with E-state index in [9.17, 15) is 4.79 Å². The number of cyclic esters (lactones) is 1. The van der Waals surface area contributed by atoms with Gasteiger partial charge in [-0.25, -0.2) is 4.79 Å². The monoisotopic (exact) mass is 196 g/mol. The Kier molecular flexibility index (Phi) is 3.35. The van der Waals surface area contributed by atoms with Crippen LogP contribution in [0.2, 0.25) is 0 Å². The number of ether oxygens (including phenoxy) is 1. The first-order valence-electron chi connectivity index (χ1n) is 5.42. The molecule has 1 atom stereocenters. The minimum Gasteiger partial charge on any atom is -0.451 e. The van der Waals surface area contributed by atoms with Crippen LogP contribution in [-0.4, -0.2) is 11.6 Å². The zero-order valence-electron chi connectivity index (χ0n) is 9.64. The van der Waals surface area contributed by atoms with Crippen molar-refractivity contribution in [2.45, 2.75) is 59.0 Å². The molecule has 0 aromatic rings. The quantitative estimate of drug-likeness (QED) is 0.509. The van der Waals surface area contributed by atoms with Gasteiger partial charge in [0.15, 0.2) is 0 Å². The van der Waals surface area contributed by atoms with E-state index in [4.69, 9.17) is 4.74 Å². The van der Waals surface area contributed by atoms with Crippen LogP contribution in [0.25, 0.3) is 0 Å². The highest BCUT2D eigenvalue weighted by Crippen LogP contribution is 2.36. The fourth-order valence-electron chi connectivity index (χ4n) is 1.86. The average Bonchev–Trinajstić information content (AvgIpc) is 2.32. The molecule has 0 amide bonds. The van der Waals surface area contributed by atoms with Crippen LogP contribution in [0.15, 0.2) is 11.1 Å². The number of unbranched alkanes of at least 4 members (excludes halogenated alkanes) is 2. The van der Waals surface area contributed by atoms with Crippen molar-refractivity contribution in [1.82, 2.24) is 0 Å². The second-order valence-corrected chi connectivity index (χ2v) is 4.33. The Bertz CT molecular complexity index is 265. The van der Waals surface area contributed by atoms with Crippen molar-refractivity contribution in [3.8, 4) is 0 Å². The van der Waals surface area contributed by atoms with E-state index < -0.39 is 0 Å². The number of carbonyl (C=O) groups excluding carboxylic acids is 1. The molecule has 2 heteroatoms. The molecule has 1 rings (SSSR count). The molecule has 0 bridgehead atoms. The zero-order chi connectivity index (χ0) is 10.8. The first kappa shape index (κ1) is 11.3. The van der Waals surface area contributed by atoms with Gasteiger partial charge in [-0.1, -0.05) is 19.8 Å². The Balaban J connectivity index is 2.63. The average molecular weight is 196 g/mol. The smallest absolute Gasteiger partial charge is 0.334 e. The Morgan fingerprint density at radius 3 is 2.36 bits per heavy atom. The molecular formula is C12H20O2. The summed E-state index contributed by atoms with van der Waals surface area (Å²) in [5.74, 6) is -0.138. The van der Waals surface area contributed by atoms with Crippen molar-refractivity contribution < 1.29 is 9.53 Å². The standard InChI is InChI=1S/C12H20O2/c1-5-6-7-8-12(4)10(3)9(2)11(13)14-12/h5-8H2,1-4H3/t12-/m0/s1. The van der Waals surface area contributed by atoms with E-state index in [2.05, 4.69) is 6.92 Å². The van der Waals surface area contributed by atoms with Crippen LogP contribution in [-0.2, 0) is 9.53 Å². The molecule has 0 N–H and O–H groups in total. The van der Waals surface area contributed by atoms with Crippen LogP contribution in [0.5, 0.6) is 0 Å². The zero-order valence-corrected chi connectivity index (χ0v) is 9.64. The van der Waals surface area contributed by atoms with Gasteiger partial charge in [0.05, 0.1) is 0 Å². The topological polar surface area (TPSA) is 26.3 Å². The van der Waals surface area contributed by atoms with Crippen molar-refractivity contribution in [3.05, 3.63) is 11.1 Å². The highest BCUT2D eigenvalue weighted by Gasteiger charge is 2.38. The molecule has 0 spiro atoms. The molecule has 0 saturated carbocycles. The van der Waals surface area contributed by atoms with E-state index in [1.165, 1.54) is 12.8 Å². The fourth-order valence-corrected chi connectivity index (χ4v) is 1.86. The molecule has 0 aliphatic carbocycles. The van der Waals surface area contributed by atoms with Gasteiger partial charge in [0.1, 0.15) is 5.60 Å². The molecular weight excluding hydrogens is 176 g/mol. The predicted octanol–water partition coefficient (Wildman–Crippen LogP) is 3.22. The third-order valence-electron chi connectivity index (χ3n) is 3.24. The second kappa shape index (κ2) is 4.16. The second-order valence-electron chi connectivity index (χ2n) is 4.33. The van der Waals surface area contributed by atoms with Gasteiger partial charge >= 0.3 is 5.97 Å². The summed E-state index contributed by atoms with van der Waals surface area (Å²) in [7, 11) is 0. The first-order chi connectivity index (χ1) is 6.51. The molecule has 1 aliphatic rings. The van der Waals surface area contributed by atoms with E-state index in [0.717, 1.165) is 24.0 Å². The third kappa shape index (κ3) is 1.99. The summed E-state index contributed by atoms with van der Waals surface area (Å²) >= 11 is 0. The van der Waals surface area contributed by atoms with E-state index >= 15 is 0 Å². The predicted molar refractivity (Wildman–Crippen MR) is 57.0 cm³/mol. The van der Waals surface area contributed by atoms with E-state index in [0.29, 0.717) is 0 Å². The highest BCUT2D eigenvalue weighted by atomic mass is 16.6. The van der Waals surface area contributed by atoms with Gasteiger partial charge in [-0.15, -0.1) is 0 Å². The Hall–Kier alpha value is -0.790. The lowest BCUT2D eigenvalue weighted by molar-refractivity contribution is -0.146. The molecule has 0 radical (unpaired) electrons. The molecule has 14 heavy (non-hydrogen) atoms. The minimum atomic E-state index is -0.323. The normalized spacial score (nSPS) is 27.0. The third-order valence-corrected chi connectivity index (χ3v) is 3.24. The lowest BCUT2D eigenvalue weighted by Gasteiger charge is -2.24. The Labute approximate surface area is 86.3 Å². The fraction of sp³-hybridized carbons (Fsp3) is 0.750. The highest BCUT2D eigenvalue weighted by molar-refractivity contribution is 5.92. The number of hydrogen-bond acceptors (Lipinski definition) is 2. The largest absolute Gasteiger partial charge is 0.451 e. The van der Waals surface area contributed by atoms with Crippen LogP contribution in [0.1, 0.15) is 53.4 Å². The van der Waals surface area contributed by atoms with Crippen molar-refractivity contribution in [1.29, 1.82) is 0 Å².